The highest BCUT2D eigenvalue weighted by Crippen LogP contribution is 2.15. The summed E-state index contributed by atoms with van der Waals surface area (Å²) >= 11 is 0. The molecule has 1 heterocycles. The molecule has 1 atom stereocenters. The quantitative estimate of drug-likeness (QED) is 0.929. The maximum Gasteiger partial charge on any atom is 0.0965 e. The van der Waals surface area contributed by atoms with E-state index >= 15 is 0 Å². The second kappa shape index (κ2) is 5.75. The third-order valence-electron chi connectivity index (χ3n) is 3.39. The van der Waals surface area contributed by atoms with Gasteiger partial charge in [-0.1, -0.05) is 35.0 Å². The fourth-order valence-corrected chi connectivity index (χ4v) is 1.94. The summed E-state index contributed by atoms with van der Waals surface area (Å²) in [6, 6.07) is 8.92. The van der Waals surface area contributed by atoms with Crippen molar-refractivity contribution in [3.05, 3.63) is 47.3 Å². The molecule has 108 valence electrons. The van der Waals surface area contributed by atoms with Crippen LogP contribution in [-0.2, 0) is 12.1 Å². The minimum atomic E-state index is -0.0200. The number of nitrogens with zero attached hydrogens (tertiary/aromatic N) is 3. The highest BCUT2D eigenvalue weighted by atomic mass is 15.4. The third kappa shape index (κ3) is 3.67. The molecule has 0 aliphatic rings. The van der Waals surface area contributed by atoms with E-state index in [4.69, 9.17) is 0 Å². The fraction of sp³-hybridized carbons (Fsp3) is 0.500. The Hall–Kier alpha value is -1.68. The number of aryl methyl sites for hydroxylation is 1. The Morgan fingerprint density at radius 2 is 1.85 bits per heavy atom. The van der Waals surface area contributed by atoms with Gasteiger partial charge in [-0.2, -0.15) is 0 Å². The molecule has 2 rings (SSSR count). The van der Waals surface area contributed by atoms with Gasteiger partial charge in [-0.15, -0.1) is 5.10 Å². The summed E-state index contributed by atoms with van der Waals surface area (Å²) in [6.07, 6.45) is 2.01. The average Bonchev–Trinajstić information content (AvgIpc) is 2.85. The average molecular weight is 272 g/mol. The molecule has 0 fully saturated rings. The van der Waals surface area contributed by atoms with Crippen LogP contribution in [0.5, 0.6) is 0 Å². The zero-order chi connectivity index (χ0) is 14.8. The molecule has 20 heavy (non-hydrogen) atoms. The van der Waals surface area contributed by atoms with Gasteiger partial charge >= 0.3 is 0 Å². The monoisotopic (exact) mass is 272 g/mol. The van der Waals surface area contributed by atoms with Crippen LogP contribution in [0.4, 0.5) is 0 Å². The number of hydrogen-bond acceptors (Lipinski definition) is 3. The van der Waals surface area contributed by atoms with E-state index in [0.29, 0.717) is 6.04 Å². The molecular weight excluding hydrogens is 248 g/mol. The van der Waals surface area contributed by atoms with Crippen LogP contribution in [0.15, 0.2) is 30.5 Å². The first-order chi connectivity index (χ1) is 9.36. The van der Waals surface area contributed by atoms with Gasteiger partial charge in [0, 0.05) is 12.6 Å². The van der Waals surface area contributed by atoms with Crippen LogP contribution in [-0.4, -0.2) is 15.0 Å². The van der Waals surface area contributed by atoms with E-state index in [0.717, 1.165) is 12.2 Å². The zero-order valence-corrected chi connectivity index (χ0v) is 13.0. The van der Waals surface area contributed by atoms with E-state index in [-0.39, 0.29) is 5.54 Å². The van der Waals surface area contributed by atoms with Crippen molar-refractivity contribution < 1.29 is 0 Å². The lowest BCUT2D eigenvalue weighted by atomic mass is 10.1. The number of nitrogens with one attached hydrogen (secondary N) is 1. The van der Waals surface area contributed by atoms with Crippen molar-refractivity contribution in [2.45, 2.75) is 52.7 Å². The van der Waals surface area contributed by atoms with Gasteiger partial charge in [-0.3, -0.25) is 0 Å². The molecule has 0 aliphatic heterocycles. The lowest BCUT2D eigenvalue weighted by Crippen LogP contribution is -2.22. The van der Waals surface area contributed by atoms with Gasteiger partial charge in [-0.05, 0) is 40.2 Å². The molecule has 1 aromatic heterocycles. The van der Waals surface area contributed by atoms with Crippen molar-refractivity contribution >= 4 is 0 Å². The first kappa shape index (κ1) is 14.7. The van der Waals surface area contributed by atoms with Crippen LogP contribution < -0.4 is 5.32 Å². The highest BCUT2D eigenvalue weighted by molar-refractivity contribution is 5.23. The third-order valence-corrected chi connectivity index (χ3v) is 3.39. The van der Waals surface area contributed by atoms with Crippen LogP contribution in [0, 0.1) is 6.92 Å². The highest BCUT2D eigenvalue weighted by Gasteiger charge is 2.15. The normalized spacial score (nSPS) is 13.4. The van der Waals surface area contributed by atoms with Crippen LogP contribution in [0.25, 0.3) is 0 Å². The molecule has 1 aromatic carbocycles. The first-order valence-corrected chi connectivity index (χ1v) is 7.08. The van der Waals surface area contributed by atoms with Crippen LogP contribution in [0.3, 0.4) is 0 Å². The lowest BCUT2D eigenvalue weighted by molar-refractivity contribution is 0.347. The van der Waals surface area contributed by atoms with E-state index in [1.165, 1.54) is 11.1 Å². The minimum absolute atomic E-state index is 0.0200. The second-order valence-corrected chi connectivity index (χ2v) is 6.34. The molecule has 0 saturated carbocycles. The Kier molecular flexibility index (Phi) is 4.23. The summed E-state index contributed by atoms with van der Waals surface area (Å²) in [5, 5.41) is 11.9. The largest absolute Gasteiger partial charge is 0.304 e. The van der Waals surface area contributed by atoms with Gasteiger partial charge in [0.1, 0.15) is 0 Å². The summed E-state index contributed by atoms with van der Waals surface area (Å²) in [5.41, 5.74) is 3.53. The molecule has 0 saturated heterocycles. The molecule has 0 radical (unpaired) electrons. The Labute approximate surface area is 121 Å². The molecule has 2 aromatic rings. The van der Waals surface area contributed by atoms with E-state index in [2.05, 4.69) is 74.5 Å². The lowest BCUT2D eigenvalue weighted by Gasteiger charge is -2.17. The fourth-order valence-electron chi connectivity index (χ4n) is 1.94. The summed E-state index contributed by atoms with van der Waals surface area (Å²) < 4.78 is 1.90. The van der Waals surface area contributed by atoms with Crippen molar-refractivity contribution in [3.63, 3.8) is 0 Å². The van der Waals surface area contributed by atoms with Gasteiger partial charge in [-0.25, -0.2) is 4.68 Å². The van der Waals surface area contributed by atoms with Gasteiger partial charge in [0.2, 0.25) is 0 Å². The van der Waals surface area contributed by atoms with E-state index in [1.807, 2.05) is 10.9 Å². The van der Waals surface area contributed by atoms with Crippen LogP contribution >= 0.6 is 0 Å². The van der Waals surface area contributed by atoms with Gasteiger partial charge in [0.25, 0.3) is 0 Å². The van der Waals surface area contributed by atoms with Crippen LogP contribution in [0.1, 0.15) is 50.6 Å². The Morgan fingerprint density at radius 1 is 1.20 bits per heavy atom. The molecule has 0 amide bonds. The summed E-state index contributed by atoms with van der Waals surface area (Å²) in [7, 11) is 0. The van der Waals surface area contributed by atoms with Gasteiger partial charge in [0.05, 0.1) is 17.4 Å². The predicted molar refractivity (Wildman–Crippen MR) is 81.5 cm³/mol. The van der Waals surface area contributed by atoms with Gasteiger partial charge in [0.15, 0.2) is 0 Å². The van der Waals surface area contributed by atoms with Crippen molar-refractivity contribution in [1.82, 2.24) is 20.3 Å². The molecule has 1 N–H and O–H groups in total. The summed E-state index contributed by atoms with van der Waals surface area (Å²) in [5.74, 6) is 0. The molecular formula is C16H24N4. The molecule has 0 unspecified atom stereocenters. The van der Waals surface area contributed by atoms with Gasteiger partial charge < -0.3 is 5.32 Å². The van der Waals surface area contributed by atoms with E-state index in [1.54, 1.807) is 0 Å². The Morgan fingerprint density at radius 3 is 2.40 bits per heavy atom. The zero-order valence-electron chi connectivity index (χ0n) is 13.0. The predicted octanol–water partition coefficient (Wildman–Crippen LogP) is 3.19. The Bertz CT molecular complexity index is 549. The molecule has 4 heteroatoms. The van der Waals surface area contributed by atoms with Crippen molar-refractivity contribution in [2.75, 3.05) is 0 Å². The molecule has 0 aliphatic carbocycles. The number of aromatic nitrogens is 3. The topological polar surface area (TPSA) is 42.7 Å². The second-order valence-electron chi connectivity index (χ2n) is 6.34. The number of rotatable bonds is 4. The molecule has 0 bridgehead atoms. The smallest absolute Gasteiger partial charge is 0.0965 e. The van der Waals surface area contributed by atoms with Crippen LogP contribution in [0.2, 0.25) is 0 Å². The van der Waals surface area contributed by atoms with Crippen molar-refractivity contribution in [2.24, 2.45) is 0 Å². The molecule has 4 nitrogen and oxygen atoms in total. The van der Waals surface area contributed by atoms with E-state index in [9.17, 15) is 0 Å². The van der Waals surface area contributed by atoms with Crippen molar-refractivity contribution in [1.29, 1.82) is 0 Å². The minimum Gasteiger partial charge on any atom is -0.304 e. The number of benzene rings is 1. The SMILES string of the molecule is Cc1ccc([C@@H](C)NCc2cn(C(C)(C)C)nn2)cc1. The maximum absolute atomic E-state index is 4.21. The maximum atomic E-state index is 4.21. The summed E-state index contributed by atoms with van der Waals surface area (Å²) in [6.45, 7) is 11.4. The Balaban J connectivity index is 1.95. The molecule has 0 spiro atoms. The standard InChI is InChI=1S/C16H24N4/c1-12-6-8-14(9-7-12)13(2)17-10-15-11-20(19-18-15)16(3,4)5/h6-9,11,13,17H,10H2,1-5H3/t13-/m1/s1. The first-order valence-electron chi connectivity index (χ1n) is 7.08. The van der Waals surface area contributed by atoms with Crippen molar-refractivity contribution in [3.8, 4) is 0 Å². The summed E-state index contributed by atoms with van der Waals surface area (Å²) in [4.78, 5) is 0. The van der Waals surface area contributed by atoms with E-state index < -0.39 is 0 Å². The number of hydrogen-bond donors (Lipinski definition) is 1.